The van der Waals surface area contributed by atoms with Crippen LogP contribution in [0.5, 0.6) is 0 Å². The van der Waals surface area contributed by atoms with Crippen LogP contribution in [-0.4, -0.2) is 50.3 Å². The monoisotopic (exact) mass is 311 g/mol. The molecule has 1 aromatic heterocycles. The van der Waals surface area contributed by atoms with Crippen molar-refractivity contribution < 1.29 is 0 Å². The summed E-state index contributed by atoms with van der Waals surface area (Å²) in [6.45, 7) is 6.86. The Morgan fingerprint density at radius 3 is 3.06 bits per heavy atom. The molecule has 1 aromatic rings. The third-order valence-corrected chi connectivity index (χ3v) is 5.06. The zero-order valence-electron chi connectivity index (χ0n) is 11.0. The number of allylic oxidation sites excluding steroid dienone is 1. The molecule has 0 aliphatic carbocycles. The van der Waals surface area contributed by atoms with Crippen LogP contribution in [-0.2, 0) is 0 Å². The summed E-state index contributed by atoms with van der Waals surface area (Å²) >= 11 is 0.529. The van der Waals surface area contributed by atoms with E-state index in [1.807, 2.05) is 18.5 Å². The van der Waals surface area contributed by atoms with Gasteiger partial charge in [-0.15, -0.1) is 0 Å². The molecule has 2 heterocycles. The molecular weight excluding hydrogens is 289 g/mol. The van der Waals surface area contributed by atoms with Crippen molar-refractivity contribution in [1.82, 2.24) is 8.90 Å². The van der Waals surface area contributed by atoms with Crippen LogP contribution in [0.4, 0.5) is 5.69 Å². The van der Waals surface area contributed by atoms with Gasteiger partial charge in [0.05, 0.1) is 0 Å². The molecule has 0 unspecified atom stereocenters. The SMILES string of the molecule is CC/C=C/[Se]N1CCCN(c2cccnc2)CC1. The number of pyridine rings is 1. The van der Waals surface area contributed by atoms with Crippen LogP contribution in [0.2, 0.25) is 0 Å². The Hall–Kier alpha value is -0.831. The molecular formula is C14H21N3Se. The number of hydrogen-bond donors (Lipinski definition) is 0. The number of anilines is 1. The van der Waals surface area contributed by atoms with Crippen molar-refractivity contribution in [1.29, 1.82) is 0 Å². The molecule has 0 N–H and O–H groups in total. The van der Waals surface area contributed by atoms with E-state index in [2.05, 4.69) is 37.8 Å². The Bertz CT molecular complexity index is 367. The average molecular weight is 310 g/mol. The summed E-state index contributed by atoms with van der Waals surface area (Å²) in [5.74, 6) is 0. The van der Waals surface area contributed by atoms with Crippen molar-refractivity contribution in [3.63, 3.8) is 0 Å². The van der Waals surface area contributed by atoms with Crippen molar-refractivity contribution in [3.8, 4) is 0 Å². The summed E-state index contributed by atoms with van der Waals surface area (Å²) in [6, 6.07) is 4.18. The maximum absolute atomic E-state index is 4.21. The summed E-state index contributed by atoms with van der Waals surface area (Å²) < 4.78 is 2.59. The summed E-state index contributed by atoms with van der Waals surface area (Å²) in [6.07, 6.45) is 8.49. The van der Waals surface area contributed by atoms with Gasteiger partial charge >= 0.3 is 116 Å². The third kappa shape index (κ3) is 4.13. The minimum absolute atomic E-state index is 0.529. The fraction of sp³-hybridized carbons (Fsp3) is 0.500. The predicted molar refractivity (Wildman–Crippen MR) is 77.8 cm³/mol. The van der Waals surface area contributed by atoms with E-state index in [4.69, 9.17) is 0 Å². The van der Waals surface area contributed by atoms with Gasteiger partial charge in [0, 0.05) is 0 Å². The Morgan fingerprint density at radius 2 is 2.28 bits per heavy atom. The van der Waals surface area contributed by atoms with E-state index >= 15 is 0 Å². The molecule has 0 bridgehead atoms. The number of nitrogens with zero attached hydrogens (tertiary/aromatic N) is 3. The molecule has 0 amide bonds. The van der Waals surface area contributed by atoms with Crippen LogP contribution in [0.1, 0.15) is 19.8 Å². The minimum atomic E-state index is 0.529. The second-order valence-corrected chi connectivity index (χ2v) is 6.46. The van der Waals surface area contributed by atoms with E-state index < -0.39 is 0 Å². The molecule has 18 heavy (non-hydrogen) atoms. The van der Waals surface area contributed by atoms with Crippen molar-refractivity contribution >= 4 is 20.9 Å². The fourth-order valence-corrected chi connectivity index (χ4v) is 3.85. The van der Waals surface area contributed by atoms with Gasteiger partial charge in [-0.3, -0.25) is 0 Å². The molecule has 4 heteroatoms. The molecule has 0 saturated carbocycles. The van der Waals surface area contributed by atoms with E-state index in [1.165, 1.54) is 25.2 Å². The van der Waals surface area contributed by atoms with Gasteiger partial charge in [0.25, 0.3) is 0 Å². The molecule has 3 nitrogen and oxygen atoms in total. The number of aromatic nitrogens is 1. The molecule has 0 radical (unpaired) electrons. The molecule has 0 aromatic carbocycles. The second kappa shape index (κ2) is 7.57. The zero-order chi connectivity index (χ0) is 12.6. The first-order valence-corrected chi connectivity index (χ1v) is 8.37. The Balaban J connectivity index is 1.87. The molecule has 0 spiro atoms. The summed E-state index contributed by atoms with van der Waals surface area (Å²) in [5.41, 5.74) is 1.26. The quantitative estimate of drug-likeness (QED) is 0.794. The molecule has 98 valence electrons. The molecule has 1 saturated heterocycles. The summed E-state index contributed by atoms with van der Waals surface area (Å²) in [7, 11) is 0. The van der Waals surface area contributed by atoms with Gasteiger partial charge in [-0.1, -0.05) is 0 Å². The Labute approximate surface area is 116 Å². The van der Waals surface area contributed by atoms with E-state index in [-0.39, 0.29) is 0 Å². The molecule has 2 rings (SSSR count). The normalized spacial score (nSPS) is 18.2. The molecule has 1 aliphatic rings. The van der Waals surface area contributed by atoms with E-state index in [9.17, 15) is 0 Å². The van der Waals surface area contributed by atoms with Gasteiger partial charge in [0.2, 0.25) is 0 Å². The first-order chi connectivity index (χ1) is 8.90. The van der Waals surface area contributed by atoms with Crippen molar-refractivity contribution in [3.05, 3.63) is 35.6 Å². The van der Waals surface area contributed by atoms with E-state index in [0.29, 0.717) is 15.2 Å². The van der Waals surface area contributed by atoms with Crippen molar-refractivity contribution in [2.24, 2.45) is 0 Å². The molecule has 0 atom stereocenters. The maximum atomic E-state index is 4.21. The van der Waals surface area contributed by atoms with Gasteiger partial charge in [-0.25, -0.2) is 0 Å². The fourth-order valence-electron chi connectivity index (χ4n) is 2.02. The van der Waals surface area contributed by atoms with Crippen LogP contribution in [0, 0.1) is 0 Å². The predicted octanol–water partition coefficient (Wildman–Crippen LogP) is 2.14. The third-order valence-electron chi connectivity index (χ3n) is 3.01. The van der Waals surface area contributed by atoms with Gasteiger partial charge in [0.1, 0.15) is 0 Å². The first kappa shape index (κ1) is 13.6. The van der Waals surface area contributed by atoms with Gasteiger partial charge < -0.3 is 0 Å². The zero-order valence-corrected chi connectivity index (χ0v) is 12.7. The Morgan fingerprint density at radius 1 is 1.33 bits per heavy atom. The molecule has 1 aliphatic heterocycles. The van der Waals surface area contributed by atoms with Crippen LogP contribution < -0.4 is 4.90 Å². The van der Waals surface area contributed by atoms with Crippen LogP contribution in [0.15, 0.2) is 35.6 Å². The van der Waals surface area contributed by atoms with E-state index in [0.717, 1.165) is 19.5 Å². The van der Waals surface area contributed by atoms with Gasteiger partial charge in [0.15, 0.2) is 0 Å². The molecule has 1 fully saturated rings. The van der Waals surface area contributed by atoms with Crippen LogP contribution >= 0.6 is 0 Å². The Kier molecular flexibility index (Phi) is 5.72. The summed E-state index contributed by atoms with van der Waals surface area (Å²) in [4.78, 5) is 9.01. The van der Waals surface area contributed by atoms with E-state index in [1.54, 1.807) is 0 Å². The van der Waals surface area contributed by atoms with Gasteiger partial charge in [-0.2, -0.15) is 0 Å². The number of hydrogen-bond acceptors (Lipinski definition) is 3. The second-order valence-electron chi connectivity index (χ2n) is 4.37. The standard InChI is InChI=1S/C14H21N3Se/c1-2-3-12-18-17-9-5-8-16(10-11-17)14-6-4-7-15-13-14/h3-4,6-7,12-13H,2,5,8-11H2,1H3/b12-3+. The first-order valence-electron chi connectivity index (χ1n) is 6.62. The van der Waals surface area contributed by atoms with Crippen LogP contribution in [0.25, 0.3) is 0 Å². The van der Waals surface area contributed by atoms with Gasteiger partial charge in [-0.05, 0) is 0 Å². The van der Waals surface area contributed by atoms with Crippen molar-refractivity contribution in [2.75, 3.05) is 31.1 Å². The number of rotatable bonds is 4. The average Bonchev–Trinajstić information content (AvgIpc) is 2.66. The van der Waals surface area contributed by atoms with Crippen molar-refractivity contribution in [2.45, 2.75) is 19.8 Å². The summed E-state index contributed by atoms with van der Waals surface area (Å²) in [5, 5.41) is 0. The topological polar surface area (TPSA) is 19.4 Å². The van der Waals surface area contributed by atoms with Crippen LogP contribution in [0.3, 0.4) is 0 Å².